The van der Waals surface area contributed by atoms with Crippen LogP contribution in [0.25, 0.3) is 0 Å². The van der Waals surface area contributed by atoms with Crippen LogP contribution in [-0.4, -0.2) is 59.9 Å². The predicted molar refractivity (Wildman–Crippen MR) is 94.5 cm³/mol. The summed E-state index contributed by atoms with van der Waals surface area (Å²) in [7, 11) is 0. The van der Waals surface area contributed by atoms with Crippen molar-refractivity contribution < 1.29 is 9.59 Å². The van der Waals surface area contributed by atoms with Crippen LogP contribution in [0.15, 0.2) is 0 Å². The minimum atomic E-state index is -0.000299. The second kappa shape index (κ2) is 7.85. The molecule has 3 fully saturated rings. The normalized spacial score (nSPS) is 25.5. The molecule has 2 unspecified atom stereocenters. The number of hydrogen-bond donors (Lipinski definition) is 1. The number of nitrogens with one attached hydrogen (secondary N) is 1. The number of carbonyl (C=O) groups is 2. The van der Waals surface area contributed by atoms with Crippen LogP contribution in [-0.2, 0) is 9.59 Å². The molecule has 3 aliphatic rings. The van der Waals surface area contributed by atoms with Gasteiger partial charge >= 0.3 is 0 Å². The molecule has 2 atom stereocenters. The topological polar surface area (TPSA) is 52.7 Å². The summed E-state index contributed by atoms with van der Waals surface area (Å²) in [5, 5.41) is 3.20. The van der Waals surface area contributed by atoms with Crippen molar-refractivity contribution in [3.63, 3.8) is 0 Å². The summed E-state index contributed by atoms with van der Waals surface area (Å²) in [5.74, 6) is 1.34. The molecule has 0 spiro atoms. The quantitative estimate of drug-likeness (QED) is 0.808. The maximum Gasteiger partial charge on any atom is 0.237 e. The molecule has 0 aromatic carbocycles. The fraction of sp³-hybridized carbons (Fsp3) is 0.895. The van der Waals surface area contributed by atoms with Crippen molar-refractivity contribution in [2.24, 2.45) is 11.8 Å². The van der Waals surface area contributed by atoms with E-state index in [4.69, 9.17) is 0 Å². The lowest BCUT2D eigenvalue weighted by atomic mass is 9.94. The number of rotatable bonds is 6. The van der Waals surface area contributed by atoms with Crippen LogP contribution < -0.4 is 5.32 Å². The zero-order chi connectivity index (χ0) is 17.1. The summed E-state index contributed by atoms with van der Waals surface area (Å²) in [5.41, 5.74) is 0. The largest absolute Gasteiger partial charge is 0.352 e. The highest BCUT2D eigenvalue weighted by Crippen LogP contribution is 2.33. The van der Waals surface area contributed by atoms with Crippen molar-refractivity contribution in [2.75, 3.05) is 26.2 Å². The van der Waals surface area contributed by atoms with Gasteiger partial charge in [0.05, 0.1) is 6.04 Å². The Labute approximate surface area is 146 Å². The Balaban J connectivity index is 1.60. The van der Waals surface area contributed by atoms with Gasteiger partial charge in [-0.3, -0.25) is 14.5 Å². The third-order valence-corrected chi connectivity index (χ3v) is 6.06. The lowest BCUT2D eigenvalue weighted by Gasteiger charge is -2.41. The van der Waals surface area contributed by atoms with Crippen LogP contribution in [0.2, 0.25) is 0 Å². The highest BCUT2D eigenvalue weighted by atomic mass is 16.2. The molecule has 5 nitrogen and oxygen atoms in total. The van der Waals surface area contributed by atoms with Crippen molar-refractivity contribution in [1.82, 2.24) is 15.1 Å². The van der Waals surface area contributed by atoms with Gasteiger partial charge in [-0.2, -0.15) is 0 Å². The van der Waals surface area contributed by atoms with Gasteiger partial charge in [0.1, 0.15) is 0 Å². The second-order valence-electron chi connectivity index (χ2n) is 7.94. The van der Waals surface area contributed by atoms with Crippen LogP contribution in [0.4, 0.5) is 0 Å². The Kier molecular flexibility index (Phi) is 5.80. The van der Waals surface area contributed by atoms with E-state index in [-0.39, 0.29) is 18.0 Å². The Morgan fingerprint density at radius 1 is 1.04 bits per heavy atom. The highest BCUT2D eigenvalue weighted by molar-refractivity contribution is 5.83. The summed E-state index contributed by atoms with van der Waals surface area (Å²) >= 11 is 0. The van der Waals surface area contributed by atoms with E-state index >= 15 is 0 Å². The maximum absolute atomic E-state index is 12.9. The smallest absolute Gasteiger partial charge is 0.237 e. The van der Waals surface area contributed by atoms with E-state index in [0.29, 0.717) is 17.7 Å². The number of carbonyl (C=O) groups excluding carboxylic acids is 2. The van der Waals surface area contributed by atoms with Gasteiger partial charge in [0, 0.05) is 38.1 Å². The molecule has 2 saturated carbocycles. The third kappa shape index (κ3) is 4.11. The number of amides is 2. The van der Waals surface area contributed by atoms with Crippen LogP contribution in [0.3, 0.4) is 0 Å². The van der Waals surface area contributed by atoms with Crippen molar-refractivity contribution in [3.8, 4) is 0 Å². The number of hydrogen-bond acceptors (Lipinski definition) is 3. The van der Waals surface area contributed by atoms with Crippen molar-refractivity contribution >= 4 is 11.8 Å². The number of piperazine rings is 1. The van der Waals surface area contributed by atoms with Gasteiger partial charge in [-0.25, -0.2) is 0 Å². The van der Waals surface area contributed by atoms with Crippen LogP contribution in [0, 0.1) is 11.8 Å². The Morgan fingerprint density at radius 2 is 1.67 bits per heavy atom. The van der Waals surface area contributed by atoms with Crippen molar-refractivity contribution in [3.05, 3.63) is 0 Å². The summed E-state index contributed by atoms with van der Waals surface area (Å²) in [6.45, 7) is 7.44. The molecule has 3 rings (SSSR count). The number of nitrogens with zero attached hydrogens (tertiary/aromatic N) is 2. The zero-order valence-corrected chi connectivity index (χ0v) is 15.3. The molecule has 0 bridgehead atoms. The lowest BCUT2D eigenvalue weighted by Crippen LogP contribution is -2.58. The first-order chi connectivity index (χ1) is 11.6. The van der Waals surface area contributed by atoms with E-state index in [0.717, 1.165) is 45.4 Å². The first-order valence-corrected chi connectivity index (χ1v) is 9.93. The zero-order valence-electron chi connectivity index (χ0n) is 15.3. The van der Waals surface area contributed by atoms with Crippen molar-refractivity contribution in [2.45, 2.75) is 70.9 Å². The first kappa shape index (κ1) is 17.7. The molecule has 0 aromatic rings. The van der Waals surface area contributed by atoms with Gasteiger partial charge < -0.3 is 10.2 Å². The first-order valence-electron chi connectivity index (χ1n) is 9.93. The Hall–Kier alpha value is -1.10. The van der Waals surface area contributed by atoms with E-state index in [2.05, 4.69) is 24.1 Å². The molecule has 136 valence electrons. The molecule has 2 amide bonds. The molecule has 0 aromatic heterocycles. The van der Waals surface area contributed by atoms with Crippen LogP contribution in [0.1, 0.15) is 58.8 Å². The van der Waals surface area contributed by atoms with Gasteiger partial charge in [0.2, 0.25) is 11.8 Å². The monoisotopic (exact) mass is 335 g/mol. The van der Waals surface area contributed by atoms with Crippen molar-refractivity contribution in [1.29, 1.82) is 0 Å². The second-order valence-corrected chi connectivity index (χ2v) is 7.94. The summed E-state index contributed by atoms with van der Waals surface area (Å²) in [6, 6.07) is 0.235. The molecular weight excluding hydrogens is 302 g/mol. The Bertz CT molecular complexity index is 450. The molecule has 5 heteroatoms. The van der Waals surface area contributed by atoms with E-state index in [1.165, 1.54) is 25.7 Å². The van der Waals surface area contributed by atoms with Crippen LogP contribution >= 0.6 is 0 Å². The average Bonchev–Trinajstić information content (AvgIpc) is 3.31. The fourth-order valence-corrected chi connectivity index (χ4v) is 4.19. The summed E-state index contributed by atoms with van der Waals surface area (Å²) in [4.78, 5) is 29.5. The predicted octanol–water partition coefficient (Wildman–Crippen LogP) is 2.01. The van der Waals surface area contributed by atoms with Gasteiger partial charge in [0.25, 0.3) is 0 Å². The lowest BCUT2D eigenvalue weighted by molar-refractivity contribution is -0.136. The van der Waals surface area contributed by atoms with E-state index in [1.807, 2.05) is 4.90 Å². The summed E-state index contributed by atoms with van der Waals surface area (Å²) < 4.78 is 0. The van der Waals surface area contributed by atoms with Crippen LogP contribution in [0.5, 0.6) is 0 Å². The fourth-order valence-electron chi connectivity index (χ4n) is 4.19. The molecule has 0 radical (unpaired) electrons. The highest BCUT2D eigenvalue weighted by Gasteiger charge is 2.39. The SMILES string of the molecule is CCC(C)NC(=O)C(C1CCCC1)N1CCN(C(=O)C2CC2)CC1. The van der Waals surface area contributed by atoms with Gasteiger partial charge in [-0.15, -0.1) is 0 Å². The molecule has 1 heterocycles. The van der Waals surface area contributed by atoms with Gasteiger partial charge in [-0.05, 0) is 44.9 Å². The molecule has 2 aliphatic carbocycles. The van der Waals surface area contributed by atoms with E-state index in [9.17, 15) is 9.59 Å². The van der Waals surface area contributed by atoms with E-state index < -0.39 is 0 Å². The minimum absolute atomic E-state index is 0.000299. The van der Waals surface area contributed by atoms with Gasteiger partial charge in [-0.1, -0.05) is 19.8 Å². The molecule has 1 N–H and O–H groups in total. The third-order valence-electron chi connectivity index (χ3n) is 6.06. The molecule has 1 saturated heterocycles. The minimum Gasteiger partial charge on any atom is -0.352 e. The van der Waals surface area contributed by atoms with E-state index in [1.54, 1.807) is 0 Å². The summed E-state index contributed by atoms with van der Waals surface area (Å²) in [6.07, 6.45) is 7.93. The molecule has 1 aliphatic heterocycles. The maximum atomic E-state index is 12.9. The standard InChI is InChI=1S/C19H33N3O2/c1-3-14(2)20-18(23)17(15-6-4-5-7-15)21-10-12-22(13-11-21)19(24)16-8-9-16/h14-17H,3-13H2,1-2H3,(H,20,23). The van der Waals surface area contributed by atoms with Gasteiger partial charge in [0.15, 0.2) is 0 Å². The Morgan fingerprint density at radius 3 is 2.21 bits per heavy atom. The molecular formula is C19H33N3O2. The average molecular weight is 335 g/mol. The molecule has 24 heavy (non-hydrogen) atoms.